The van der Waals surface area contributed by atoms with E-state index in [2.05, 4.69) is 30.4 Å². The Morgan fingerprint density at radius 2 is 2.05 bits per heavy atom. The number of nitrogens with one attached hydrogen (secondary N) is 1. The Morgan fingerprint density at radius 3 is 2.76 bits per heavy atom. The number of halogens is 1. The van der Waals surface area contributed by atoms with Crippen molar-refractivity contribution in [2.45, 2.75) is 6.92 Å². The number of aromatic nitrogens is 6. The van der Waals surface area contributed by atoms with E-state index in [0.29, 0.717) is 11.5 Å². The maximum atomic E-state index is 14.0. The third-order valence-corrected chi connectivity index (χ3v) is 2.83. The molecule has 0 aliphatic heterocycles. The van der Waals surface area contributed by atoms with Crippen molar-refractivity contribution in [3.63, 3.8) is 0 Å². The minimum atomic E-state index is -0.390. The molecule has 0 amide bonds. The standard InChI is InChI=1S/C13H12FN7/c1-8-3-4-10(14)9(5-8)11-18-12(15-2)20-13(19-11)21-7-16-6-17-21/h3-7H,1-2H3,(H,15,18,19,20). The molecule has 3 rings (SSSR count). The molecule has 106 valence electrons. The van der Waals surface area contributed by atoms with Crippen LogP contribution >= 0.6 is 0 Å². The predicted octanol–water partition coefficient (Wildman–Crippen LogP) is 1.61. The fraction of sp³-hybridized carbons (Fsp3) is 0.154. The van der Waals surface area contributed by atoms with Gasteiger partial charge in [-0.15, -0.1) is 0 Å². The van der Waals surface area contributed by atoms with Crippen LogP contribution in [0, 0.1) is 12.7 Å². The SMILES string of the molecule is CNc1nc(-c2cc(C)ccc2F)nc(-n2cncn2)n1. The van der Waals surface area contributed by atoms with Gasteiger partial charge in [-0.1, -0.05) is 11.6 Å². The molecule has 3 aromatic rings. The first-order valence-corrected chi connectivity index (χ1v) is 6.23. The van der Waals surface area contributed by atoms with Crippen LogP contribution in [0.2, 0.25) is 0 Å². The van der Waals surface area contributed by atoms with Crippen molar-refractivity contribution in [2.75, 3.05) is 12.4 Å². The minimum Gasteiger partial charge on any atom is -0.357 e. The number of nitrogens with zero attached hydrogens (tertiary/aromatic N) is 6. The summed E-state index contributed by atoms with van der Waals surface area (Å²) in [5.41, 5.74) is 1.23. The molecule has 2 aromatic heterocycles. The minimum absolute atomic E-state index is 0.237. The summed E-state index contributed by atoms with van der Waals surface area (Å²) in [5, 5.41) is 6.80. The van der Waals surface area contributed by atoms with Gasteiger partial charge in [0.1, 0.15) is 18.5 Å². The topological polar surface area (TPSA) is 81.4 Å². The van der Waals surface area contributed by atoms with Gasteiger partial charge in [-0.2, -0.15) is 24.7 Å². The van der Waals surface area contributed by atoms with Gasteiger partial charge in [0, 0.05) is 7.05 Å². The Kier molecular flexibility index (Phi) is 3.27. The highest BCUT2D eigenvalue weighted by molar-refractivity contribution is 5.58. The molecule has 1 aromatic carbocycles. The summed E-state index contributed by atoms with van der Waals surface area (Å²) < 4.78 is 15.4. The molecule has 0 saturated heterocycles. The van der Waals surface area contributed by atoms with Crippen LogP contribution in [0.3, 0.4) is 0 Å². The van der Waals surface area contributed by atoms with Crippen LogP contribution in [0.25, 0.3) is 17.3 Å². The van der Waals surface area contributed by atoms with Crippen molar-refractivity contribution < 1.29 is 4.39 Å². The van der Waals surface area contributed by atoms with Crippen LogP contribution in [0.5, 0.6) is 0 Å². The largest absolute Gasteiger partial charge is 0.357 e. The molecule has 0 atom stereocenters. The van der Waals surface area contributed by atoms with Gasteiger partial charge in [-0.05, 0) is 19.1 Å². The zero-order valence-corrected chi connectivity index (χ0v) is 11.4. The predicted molar refractivity (Wildman–Crippen MR) is 74.4 cm³/mol. The number of aryl methyl sites for hydroxylation is 1. The Bertz CT molecular complexity index is 770. The second kappa shape index (κ2) is 5.23. The fourth-order valence-electron chi connectivity index (χ4n) is 1.82. The van der Waals surface area contributed by atoms with Gasteiger partial charge in [0.2, 0.25) is 5.95 Å². The van der Waals surface area contributed by atoms with E-state index in [1.807, 2.05) is 6.92 Å². The molecule has 0 radical (unpaired) electrons. The van der Waals surface area contributed by atoms with Crippen molar-refractivity contribution in [1.29, 1.82) is 0 Å². The van der Waals surface area contributed by atoms with Crippen molar-refractivity contribution in [1.82, 2.24) is 29.7 Å². The number of hydrogen-bond donors (Lipinski definition) is 1. The third kappa shape index (κ3) is 2.55. The van der Waals surface area contributed by atoms with Gasteiger partial charge < -0.3 is 5.32 Å². The number of benzene rings is 1. The smallest absolute Gasteiger partial charge is 0.257 e. The molecule has 1 N–H and O–H groups in total. The molecule has 0 saturated carbocycles. The summed E-state index contributed by atoms with van der Waals surface area (Å²) in [6, 6.07) is 4.77. The van der Waals surface area contributed by atoms with Crippen molar-refractivity contribution in [2.24, 2.45) is 0 Å². The highest BCUT2D eigenvalue weighted by Crippen LogP contribution is 2.22. The lowest BCUT2D eigenvalue weighted by atomic mass is 10.1. The van der Waals surface area contributed by atoms with E-state index in [0.717, 1.165) is 5.56 Å². The number of hydrogen-bond acceptors (Lipinski definition) is 6. The molecule has 0 bridgehead atoms. The molecular weight excluding hydrogens is 273 g/mol. The molecule has 7 nitrogen and oxygen atoms in total. The molecular formula is C13H12FN7. The van der Waals surface area contributed by atoms with Crippen molar-refractivity contribution >= 4 is 5.95 Å². The van der Waals surface area contributed by atoms with Gasteiger partial charge in [0.25, 0.3) is 5.95 Å². The molecule has 0 spiro atoms. The maximum absolute atomic E-state index is 14.0. The highest BCUT2D eigenvalue weighted by atomic mass is 19.1. The van der Waals surface area contributed by atoms with Gasteiger partial charge in [0.15, 0.2) is 5.82 Å². The van der Waals surface area contributed by atoms with Crippen LogP contribution in [-0.4, -0.2) is 36.8 Å². The van der Waals surface area contributed by atoms with Gasteiger partial charge in [-0.25, -0.2) is 9.37 Å². The summed E-state index contributed by atoms with van der Waals surface area (Å²) in [6.07, 6.45) is 2.83. The van der Waals surface area contributed by atoms with E-state index >= 15 is 0 Å². The lowest BCUT2D eigenvalue weighted by Crippen LogP contribution is -2.08. The van der Waals surface area contributed by atoms with Gasteiger partial charge >= 0.3 is 0 Å². The van der Waals surface area contributed by atoms with Gasteiger partial charge in [0.05, 0.1) is 5.56 Å². The molecule has 2 heterocycles. The summed E-state index contributed by atoms with van der Waals surface area (Å²) in [6.45, 7) is 1.88. The average molecular weight is 285 g/mol. The molecule has 0 fully saturated rings. The lowest BCUT2D eigenvalue weighted by molar-refractivity contribution is 0.629. The Balaban J connectivity index is 2.18. The summed E-state index contributed by atoms with van der Waals surface area (Å²) >= 11 is 0. The van der Waals surface area contributed by atoms with E-state index in [4.69, 9.17) is 0 Å². The lowest BCUT2D eigenvalue weighted by Gasteiger charge is -2.07. The van der Waals surface area contributed by atoms with E-state index < -0.39 is 5.82 Å². The van der Waals surface area contributed by atoms with Crippen LogP contribution < -0.4 is 5.32 Å². The second-order valence-electron chi connectivity index (χ2n) is 4.36. The van der Waals surface area contributed by atoms with E-state index in [1.54, 1.807) is 19.2 Å². The average Bonchev–Trinajstić information content (AvgIpc) is 3.03. The first kappa shape index (κ1) is 13.1. The van der Waals surface area contributed by atoms with Gasteiger partial charge in [-0.3, -0.25) is 0 Å². The first-order chi connectivity index (χ1) is 10.2. The maximum Gasteiger partial charge on any atom is 0.257 e. The normalized spacial score (nSPS) is 10.6. The Labute approximate surface area is 119 Å². The highest BCUT2D eigenvalue weighted by Gasteiger charge is 2.13. The molecule has 0 aliphatic carbocycles. The summed E-state index contributed by atoms with van der Waals surface area (Å²) in [5.74, 6) is 0.439. The fourth-order valence-corrected chi connectivity index (χ4v) is 1.82. The number of anilines is 1. The summed E-state index contributed by atoms with van der Waals surface area (Å²) in [4.78, 5) is 16.5. The Morgan fingerprint density at radius 1 is 1.19 bits per heavy atom. The van der Waals surface area contributed by atoms with E-state index in [9.17, 15) is 4.39 Å². The zero-order chi connectivity index (χ0) is 14.8. The van der Waals surface area contributed by atoms with E-state index in [1.165, 1.54) is 23.4 Å². The van der Waals surface area contributed by atoms with Crippen LogP contribution in [0.1, 0.15) is 5.56 Å². The quantitative estimate of drug-likeness (QED) is 0.787. The first-order valence-electron chi connectivity index (χ1n) is 6.23. The molecule has 8 heteroatoms. The van der Waals surface area contributed by atoms with Crippen molar-refractivity contribution in [3.05, 3.63) is 42.2 Å². The number of rotatable bonds is 3. The molecule has 0 aliphatic rings. The monoisotopic (exact) mass is 285 g/mol. The van der Waals surface area contributed by atoms with Crippen LogP contribution in [0.4, 0.5) is 10.3 Å². The Hall–Kier alpha value is -2.90. The zero-order valence-electron chi connectivity index (χ0n) is 11.4. The third-order valence-electron chi connectivity index (χ3n) is 2.83. The van der Waals surface area contributed by atoms with Crippen LogP contribution in [0.15, 0.2) is 30.9 Å². The van der Waals surface area contributed by atoms with Crippen LogP contribution in [-0.2, 0) is 0 Å². The molecule has 0 unspecified atom stereocenters. The van der Waals surface area contributed by atoms with Crippen molar-refractivity contribution in [3.8, 4) is 17.3 Å². The summed E-state index contributed by atoms with van der Waals surface area (Å²) in [7, 11) is 1.68. The second-order valence-corrected chi connectivity index (χ2v) is 4.36. The molecule has 21 heavy (non-hydrogen) atoms. The van der Waals surface area contributed by atoms with E-state index in [-0.39, 0.29) is 11.8 Å².